The van der Waals surface area contributed by atoms with Crippen molar-refractivity contribution in [3.8, 4) is 5.75 Å². The molecule has 0 bridgehead atoms. The SMILES string of the molecule is C/C(=C\C=C\C(=O)NO)[C@H](C)[C@H](O)c1ccc(OCCO[Si](CCC(F)(F)C(F)(F)C(F)(F)C(F)(F)C(F)(F)C(F)(F)C(F)(F)C(F)(F)F)(C(C)C)C(C)C)cc1. The lowest BCUT2D eigenvalue weighted by Gasteiger charge is -2.44. The number of aliphatic hydroxyl groups is 1. The minimum atomic E-state index is -8.69. The Hall–Kier alpha value is -3.12. The maximum atomic E-state index is 14.9. The van der Waals surface area contributed by atoms with Gasteiger partial charge in [-0.15, -0.1) is 0 Å². The van der Waals surface area contributed by atoms with E-state index in [0.717, 1.165) is 6.08 Å². The number of hydroxylamine groups is 1. The Balaban J connectivity index is 3.21. The molecule has 0 saturated heterocycles. The van der Waals surface area contributed by atoms with Gasteiger partial charge in [0.1, 0.15) is 12.4 Å². The highest BCUT2D eigenvalue weighted by Gasteiger charge is 2.95. The van der Waals surface area contributed by atoms with E-state index < -0.39 is 104 Å². The molecular weight excluding hydrogens is 841 g/mol. The largest absolute Gasteiger partial charge is 0.491 e. The van der Waals surface area contributed by atoms with Crippen molar-refractivity contribution in [3.05, 3.63) is 53.6 Å². The smallest absolute Gasteiger partial charge is 0.460 e. The molecule has 3 N–H and O–H groups in total. The van der Waals surface area contributed by atoms with Crippen molar-refractivity contribution in [3.63, 3.8) is 0 Å². The van der Waals surface area contributed by atoms with Crippen molar-refractivity contribution < 1.29 is 98.9 Å². The summed E-state index contributed by atoms with van der Waals surface area (Å²) in [5.41, 5.74) is 0.714. The number of rotatable bonds is 21. The standard InChI is InChI=1S/C33H40F17NO5Si/c1-18(2)57(19(3)4,56-16-15-55-23-12-10-22(11-13-23)25(53)21(6)20(5)8-7-9-24(52)51-54)17-14-26(34,35)27(36,37)28(38,39)29(40,41)30(42,43)31(44,45)32(46,47)33(48,49)50/h7-13,18-19,21,25,53-54H,14-17H2,1-6H3,(H,51,52)/b9-7+,20-8+/t21-,25-/m0/s1. The van der Waals surface area contributed by atoms with Crippen LogP contribution >= 0.6 is 0 Å². The minimum Gasteiger partial charge on any atom is -0.491 e. The van der Waals surface area contributed by atoms with Crippen LogP contribution in [-0.2, 0) is 9.22 Å². The topological polar surface area (TPSA) is 88.0 Å². The molecule has 0 aromatic heterocycles. The second kappa shape index (κ2) is 18.0. The Labute approximate surface area is 316 Å². The molecule has 0 spiro atoms. The Morgan fingerprint density at radius 2 is 1.16 bits per heavy atom. The Morgan fingerprint density at radius 3 is 1.58 bits per heavy atom. The highest BCUT2D eigenvalue weighted by atomic mass is 28.4. The van der Waals surface area contributed by atoms with E-state index in [1.807, 2.05) is 0 Å². The molecular formula is C33H40F17NO5Si. The highest BCUT2D eigenvalue weighted by molar-refractivity contribution is 6.76. The van der Waals surface area contributed by atoms with Crippen LogP contribution in [0, 0.1) is 5.92 Å². The third-order valence-electron chi connectivity index (χ3n) is 9.42. The number of hydrogen-bond acceptors (Lipinski definition) is 5. The number of carbonyl (C=O) groups excluding carboxylic acids is 1. The van der Waals surface area contributed by atoms with Gasteiger partial charge in [0.25, 0.3) is 5.91 Å². The molecule has 0 fully saturated rings. The van der Waals surface area contributed by atoms with E-state index in [-0.39, 0.29) is 12.4 Å². The first-order chi connectivity index (χ1) is 25.5. The second-order valence-electron chi connectivity index (χ2n) is 13.7. The lowest BCUT2D eigenvalue weighted by atomic mass is 9.88. The Kier molecular flexibility index (Phi) is 16.4. The molecule has 0 heterocycles. The summed E-state index contributed by atoms with van der Waals surface area (Å²) >= 11 is 0. The van der Waals surface area contributed by atoms with Gasteiger partial charge in [0, 0.05) is 18.4 Å². The van der Waals surface area contributed by atoms with Crippen LogP contribution in [0.25, 0.3) is 0 Å². The summed E-state index contributed by atoms with van der Waals surface area (Å²) in [6.45, 7) is 7.72. The molecule has 57 heavy (non-hydrogen) atoms. The van der Waals surface area contributed by atoms with Crippen LogP contribution in [0.1, 0.15) is 59.6 Å². The number of halogens is 17. The summed E-state index contributed by atoms with van der Waals surface area (Å²) in [4.78, 5) is 11.1. The average Bonchev–Trinajstić information content (AvgIpc) is 3.09. The van der Waals surface area contributed by atoms with Gasteiger partial charge in [0.05, 0.1) is 12.7 Å². The summed E-state index contributed by atoms with van der Waals surface area (Å²) in [5.74, 6) is -57.8. The van der Waals surface area contributed by atoms with Crippen LogP contribution in [0.4, 0.5) is 74.6 Å². The number of allylic oxidation sites excluding steroid dienone is 2. The van der Waals surface area contributed by atoms with Gasteiger partial charge in [-0.25, -0.2) is 5.48 Å². The molecule has 0 aliphatic rings. The number of benzene rings is 1. The molecule has 24 heteroatoms. The van der Waals surface area contributed by atoms with E-state index in [1.54, 1.807) is 13.8 Å². The average molecular weight is 882 g/mol. The van der Waals surface area contributed by atoms with Gasteiger partial charge in [0.15, 0.2) is 8.32 Å². The van der Waals surface area contributed by atoms with E-state index in [2.05, 4.69) is 0 Å². The monoisotopic (exact) mass is 881 g/mol. The third-order valence-corrected chi connectivity index (χ3v) is 15.1. The molecule has 0 aliphatic carbocycles. The van der Waals surface area contributed by atoms with Crippen molar-refractivity contribution in [2.75, 3.05) is 13.2 Å². The maximum absolute atomic E-state index is 14.9. The fourth-order valence-corrected chi connectivity index (χ4v) is 9.99. The fourth-order valence-electron chi connectivity index (χ4n) is 5.52. The zero-order valence-electron chi connectivity index (χ0n) is 30.7. The van der Waals surface area contributed by atoms with Gasteiger partial charge in [-0.1, -0.05) is 64.5 Å². The molecule has 6 nitrogen and oxygen atoms in total. The normalized spacial score (nSPS) is 16.1. The van der Waals surface area contributed by atoms with Gasteiger partial charge < -0.3 is 14.3 Å². The summed E-state index contributed by atoms with van der Waals surface area (Å²) in [6.07, 6.45) is -7.56. The molecule has 1 aromatic rings. The van der Waals surface area contributed by atoms with Gasteiger partial charge in [-0.05, 0) is 41.7 Å². The van der Waals surface area contributed by atoms with Gasteiger partial charge in [-0.2, -0.15) is 74.6 Å². The summed E-state index contributed by atoms with van der Waals surface area (Å²) < 4.78 is 245. The quantitative estimate of drug-likeness (QED) is 0.0218. The van der Waals surface area contributed by atoms with E-state index in [1.165, 1.54) is 69.6 Å². The number of ether oxygens (including phenoxy) is 1. The predicted octanol–water partition coefficient (Wildman–Crippen LogP) is 10.9. The minimum absolute atomic E-state index is 0.151. The summed E-state index contributed by atoms with van der Waals surface area (Å²) in [6, 6.07) is 4.40. The molecule has 1 amide bonds. The molecule has 0 saturated carbocycles. The molecule has 0 radical (unpaired) electrons. The number of alkyl halides is 17. The number of hydrogen-bond donors (Lipinski definition) is 3. The second-order valence-corrected chi connectivity index (χ2v) is 18.7. The lowest BCUT2D eigenvalue weighted by molar-refractivity contribution is -0.461. The lowest BCUT2D eigenvalue weighted by Crippen LogP contribution is -2.74. The molecule has 1 rings (SSSR count). The van der Waals surface area contributed by atoms with Gasteiger partial charge in [0.2, 0.25) is 0 Å². The van der Waals surface area contributed by atoms with Crippen LogP contribution in [0.2, 0.25) is 17.1 Å². The van der Waals surface area contributed by atoms with E-state index in [0.29, 0.717) is 11.1 Å². The zero-order valence-corrected chi connectivity index (χ0v) is 31.7. The summed E-state index contributed by atoms with van der Waals surface area (Å²) in [7, 11) is -3.96. The highest BCUT2D eigenvalue weighted by Crippen LogP contribution is 2.64. The van der Waals surface area contributed by atoms with Crippen LogP contribution < -0.4 is 10.2 Å². The first-order valence-electron chi connectivity index (χ1n) is 16.5. The molecule has 0 aliphatic heterocycles. The maximum Gasteiger partial charge on any atom is 0.460 e. The van der Waals surface area contributed by atoms with Crippen LogP contribution in [0.5, 0.6) is 5.75 Å². The van der Waals surface area contributed by atoms with E-state index in [4.69, 9.17) is 14.4 Å². The number of nitrogens with one attached hydrogen (secondary N) is 1. The number of amides is 1. The van der Waals surface area contributed by atoms with Crippen molar-refractivity contribution in [1.29, 1.82) is 0 Å². The molecule has 1 aromatic carbocycles. The van der Waals surface area contributed by atoms with Crippen molar-refractivity contribution in [2.24, 2.45) is 5.92 Å². The fraction of sp³-hybridized carbons (Fsp3) is 0.667. The van der Waals surface area contributed by atoms with E-state index >= 15 is 0 Å². The zero-order chi connectivity index (χ0) is 45.0. The van der Waals surface area contributed by atoms with Gasteiger partial charge in [-0.3, -0.25) is 10.0 Å². The first kappa shape index (κ1) is 51.9. The Bertz CT molecular complexity index is 1540. The third kappa shape index (κ3) is 10.0. The molecule has 2 atom stereocenters. The van der Waals surface area contributed by atoms with E-state index in [9.17, 15) is 84.5 Å². The summed E-state index contributed by atoms with van der Waals surface area (Å²) in [5, 5.41) is 19.2. The van der Waals surface area contributed by atoms with Gasteiger partial charge >= 0.3 is 47.6 Å². The number of carbonyl (C=O) groups is 1. The first-order valence-corrected chi connectivity index (χ1v) is 18.8. The van der Waals surface area contributed by atoms with Crippen molar-refractivity contribution in [1.82, 2.24) is 5.48 Å². The van der Waals surface area contributed by atoms with Crippen LogP contribution in [0.3, 0.4) is 0 Å². The number of aliphatic hydroxyl groups excluding tert-OH is 1. The van der Waals surface area contributed by atoms with Crippen LogP contribution in [0.15, 0.2) is 48.1 Å². The predicted molar refractivity (Wildman–Crippen MR) is 171 cm³/mol. The van der Waals surface area contributed by atoms with Crippen molar-refractivity contribution in [2.45, 2.75) is 119 Å². The molecule has 330 valence electrons. The Morgan fingerprint density at radius 1 is 0.719 bits per heavy atom. The van der Waals surface area contributed by atoms with Crippen LogP contribution in [-0.4, -0.2) is 85.4 Å². The molecule has 0 unspecified atom stereocenters. The van der Waals surface area contributed by atoms with Crippen molar-refractivity contribution >= 4 is 14.2 Å².